The summed E-state index contributed by atoms with van der Waals surface area (Å²) in [5.74, 6) is 2.73. The summed E-state index contributed by atoms with van der Waals surface area (Å²) in [6.45, 7) is 1.30. The van der Waals surface area contributed by atoms with Gasteiger partial charge in [0.1, 0.15) is 19.3 Å². The van der Waals surface area contributed by atoms with E-state index in [-0.39, 0.29) is 6.79 Å². The number of ether oxygens (including phenoxy) is 4. The van der Waals surface area contributed by atoms with E-state index in [4.69, 9.17) is 18.9 Å². The van der Waals surface area contributed by atoms with Gasteiger partial charge in [-0.2, -0.15) is 0 Å². The lowest BCUT2D eigenvalue weighted by Crippen LogP contribution is -2.15. The minimum atomic E-state index is -0.754. The van der Waals surface area contributed by atoms with Crippen molar-refractivity contribution in [3.8, 4) is 23.0 Å². The van der Waals surface area contributed by atoms with Crippen molar-refractivity contribution in [1.82, 2.24) is 0 Å². The maximum absolute atomic E-state index is 10.5. The highest BCUT2D eigenvalue weighted by molar-refractivity contribution is 5.49. The molecule has 0 spiro atoms. The van der Waals surface area contributed by atoms with Crippen molar-refractivity contribution in [2.24, 2.45) is 0 Å². The molecule has 5 heteroatoms. The Labute approximate surface area is 121 Å². The summed E-state index contributed by atoms with van der Waals surface area (Å²) in [5, 5.41) is 10.5. The number of hydrogen-bond acceptors (Lipinski definition) is 5. The van der Waals surface area contributed by atoms with Crippen molar-refractivity contribution >= 4 is 0 Å². The third kappa shape index (κ3) is 2.15. The lowest BCUT2D eigenvalue weighted by atomic mass is 10.0. The molecule has 0 radical (unpaired) electrons. The van der Waals surface area contributed by atoms with Crippen molar-refractivity contribution in [1.29, 1.82) is 0 Å². The summed E-state index contributed by atoms with van der Waals surface area (Å²) in [5.41, 5.74) is 1.49. The summed E-state index contributed by atoms with van der Waals surface area (Å²) in [6.07, 6.45) is -0.754. The third-order valence-corrected chi connectivity index (χ3v) is 3.59. The Balaban J connectivity index is 1.66. The molecule has 0 aliphatic carbocycles. The van der Waals surface area contributed by atoms with E-state index in [9.17, 15) is 5.11 Å². The molecule has 4 rings (SSSR count). The van der Waals surface area contributed by atoms with Gasteiger partial charge in [0.25, 0.3) is 0 Å². The summed E-state index contributed by atoms with van der Waals surface area (Å²) >= 11 is 0. The highest BCUT2D eigenvalue weighted by Crippen LogP contribution is 2.38. The van der Waals surface area contributed by atoms with Crippen molar-refractivity contribution in [3.63, 3.8) is 0 Å². The van der Waals surface area contributed by atoms with Crippen LogP contribution in [0.3, 0.4) is 0 Å². The van der Waals surface area contributed by atoms with Gasteiger partial charge in [0.2, 0.25) is 6.79 Å². The van der Waals surface area contributed by atoms with Crippen LogP contribution < -0.4 is 18.9 Å². The first-order valence-electron chi connectivity index (χ1n) is 6.78. The Morgan fingerprint density at radius 2 is 1.24 bits per heavy atom. The van der Waals surface area contributed by atoms with E-state index in [1.165, 1.54) is 0 Å². The second kappa shape index (κ2) is 4.86. The molecule has 2 heterocycles. The molecule has 0 bridgehead atoms. The topological polar surface area (TPSA) is 57.2 Å². The fourth-order valence-corrected chi connectivity index (χ4v) is 2.51. The largest absolute Gasteiger partial charge is 0.486 e. The zero-order valence-electron chi connectivity index (χ0n) is 11.2. The van der Waals surface area contributed by atoms with Crippen LogP contribution >= 0.6 is 0 Å². The van der Waals surface area contributed by atoms with Gasteiger partial charge in [-0.05, 0) is 35.4 Å². The van der Waals surface area contributed by atoms with Crippen molar-refractivity contribution in [2.75, 3.05) is 20.0 Å². The zero-order valence-corrected chi connectivity index (χ0v) is 11.2. The second-order valence-electron chi connectivity index (χ2n) is 4.92. The summed E-state index contributed by atoms with van der Waals surface area (Å²) in [6, 6.07) is 10.9. The van der Waals surface area contributed by atoms with Gasteiger partial charge in [-0.1, -0.05) is 12.1 Å². The maximum Gasteiger partial charge on any atom is 0.231 e. The number of aliphatic hydroxyl groups excluding tert-OH is 1. The average Bonchev–Trinajstić information content (AvgIpc) is 3.01. The fourth-order valence-electron chi connectivity index (χ4n) is 2.51. The molecule has 1 atom stereocenters. The number of rotatable bonds is 2. The monoisotopic (exact) mass is 286 g/mol. The fraction of sp³-hybridized carbons (Fsp3) is 0.250. The van der Waals surface area contributed by atoms with Crippen LogP contribution in [0.15, 0.2) is 36.4 Å². The van der Waals surface area contributed by atoms with E-state index in [0.717, 1.165) is 11.1 Å². The lowest BCUT2D eigenvalue weighted by Gasteiger charge is -2.20. The molecule has 1 unspecified atom stereocenters. The van der Waals surface area contributed by atoms with E-state index >= 15 is 0 Å². The number of fused-ring (bicyclic) bond motifs is 2. The molecule has 5 nitrogen and oxygen atoms in total. The van der Waals surface area contributed by atoms with Gasteiger partial charge in [-0.3, -0.25) is 0 Å². The summed E-state index contributed by atoms with van der Waals surface area (Å²) in [7, 11) is 0. The van der Waals surface area contributed by atoms with Crippen LogP contribution in [0.1, 0.15) is 17.2 Å². The predicted molar refractivity (Wildman–Crippen MR) is 74.1 cm³/mol. The molecule has 0 saturated heterocycles. The smallest absolute Gasteiger partial charge is 0.231 e. The molecule has 2 aromatic carbocycles. The minimum absolute atomic E-state index is 0.221. The Hall–Kier alpha value is -2.40. The van der Waals surface area contributed by atoms with Crippen LogP contribution in [0.5, 0.6) is 23.0 Å². The van der Waals surface area contributed by atoms with Crippen LogP contribution in [0.25, 0.3) is 0 Å². The average molecular weight is 286 g/mol. The molecule has 0 fully saturated rings. The van der Waals surface area contributed by atoms with Gasteiger partial charge in [0.15, 0.2) is 23.0 Å². The van der Waals surface area contributed by atoms with Crippen LogP contribution in [-0.4, -0.2) is 25.1 Å². The number of benzene rings is 2. The first kappa shape index (κ1) is 12.3. The Bertz CT molecular complexity index is 682. The second-order valence-corrected chi connectivity index (χ2v) is 4.92. The van der Waals surface area contributed by atoms with Crippen LogP contribution in [0.4, 0.5) is 0 Å². The first-order valence-corrected chi connectivity index (χ1v) is 6.78. The Kier molecular flexibility index (Phi) is 2.86. The molecule has 21 heavy (non-hydrogen) atoms. The predicted octanol–water partition coefficient (Wildman–Crippen LogP) is 2.27. The van der Waals surface area contributed by atoms with Crippen LogP contribution in [0, 0.1) is 0 Å². The van der Waals surface area contributed by atoms with Gasteiger partial charge < -0.3 is 24.1 Å². The quantitative estimate of drug-likeness (QED) is 0.917. The first-order chi connectivity index (χ1) is 10.3. The van der Waals surface area contributed by atoms with Crippen LogP contribution in [0.2, 0.25) is 0 Å². The Morgan fingerprint density at radius 1 is 0.714 bits per heavy atom. The van der Waals surface area contributed by atoms with Crippen molar-refractivity contribution in [2.45, 2.75) is 6.10 Å². The Morgan fingerprint density at radius 3 is 1.95 bits per heavy atom. The molecule has 0 saturated carbocycles. The molecule has 1 N–H and O–H groups in total. The molecular formula is C16H14O5. The third-order valence-electron chi connectivity index (χ3n) is 3.59. The molecule has 2 aliphatic rings. The van der Waals surface area contributed by atoms with E-state index in [1.807, 2.05) is 24.3 Å². The van der Waals surface area contributed by atoms with E-state index in [2.05, 4.69) is 0 Å². The van der Waals surface area contributed by atoms with E-state index in [1.54, 1.807) is 12.1 Å². The van der Waals surface area contributed by atoms with Gasteiger partial charge in [-0.25, -0.2) is 0 Å². The molecule has 2 aromatic rings. The van der Waals surface area contributed by atoms with E-state index in [0.29, 0.717) is 36.2 Å². The number of hydrogen-bond donors (Lipinski definition) is 1. The SMILES string of the molecule is OC(c1ccc2c(c1)OCCO2)c1ccc2c(c1)OCO2. The normalized spacial score (nSPS) is 16.6. The molecule has 2 aliphatic heterocycles. The molecule has 0 amide bonds. The standard InChI is InChI=1S/C16H14O5/c17-16(11-2-4-13-15(8-11)21-9-20-13)10-1-3-12-14(7-10)19-6-5-18-12/h1-4,7-8,16-17H,5-6,9H2. The van der Waals surface area contributed by atoms with Crippen molar-refractivity contribution in [3.05, 3.63) is 47.5 Å². The number of aliphatic hydroxyl groups is 1. The minimum Gasteiger partial charge on any atom is -0.486 e. The lowest BCUT2D eigenvalue weighted by molar-refractivity contribution is 0.169. The van der Waals surface area contributed by atoms with Gasteiger partial charge in [0, 0.05) is 0 Å². The van der Waals surface area contributed by atoms with Gasteiger partial charge >= 0.3 is 0 Å². The maximum atomic E-state index is 10.5. The van der Waals surface area contributed by atoms with Crippen LogP contribution in [-0.2, 0) is 0 Å². The summed E-state index contributed by atoms with van der Waals surface area (Å²) in [4.78, 5) is 0. The zero-order chi connectivity index (χ0) is 14.2. The highest BCUT2D eigenvalue weighted by atomic mass is 16.7. The highest BCUT2D eigenvalue weighted by Gasteiger charge is 2.20. The molecule has 0 aromatic heterocycles. The molecule has 108 valence electrons. The summed E-state index contributed by atoms with van der Waals surface area (Å²) < 4.78 is 21.6. The van der Waals surface area contributed by atoms with Gasteiger partial charge in [0.05, 0.1) is 0 Å². The van der Waals surface area contributed by atoms with Gasteiger partial charge in [-0.15, -0.1) is 0 Å². The van der Waals surface area contributed by atoms with Crippen molar-refractivity contribution < 1.29 is 24.1 Å². The van der Waals surface area contributed by atoms with E-state index < -0.39 is 6.10 Å². The molecular weight excluding hydrogens is 272 g/mol.